The Bertz CT molecular complexity index is 1570. The van der Waals surface area contributed by atoms with Gasteiger partial charge in [0, 0.05) is 19.3 Å². The molecule has 0 rings (SSSR count). The maximum atomic E-state index is 12.8. The molecule has 0 aromatic rings. The molecule has 64 heavy (non-hydrogen) atoms. The number of unbranched alkanes of at least 4 members (excludes halogenated alkanes) is 6. The van der Waals surface area contributed by atoms with Crippen molar-refractivity contribution in [3.05, 3.63) is 170 Å². The lowest BCUT2D eigenvalue weighted by Gasteiger charge is -2.18. The standard InChI is InChI=1S/C58H84O6/c1-4-7-10-13-16-19-22-25-27-29-31-33-36-39-42-45-48-51-57(60)63-54-55(53-62-56(59)50-47-44-41-38-35-24-21-18-15-12-9-6-3)64-58(61)52-49-46-43-40-37-34-32-30-28-26-23-20-17-14-11-8-5-2/h7-13,16-22,25-29,31-36,38,40,43,55H,4-6,14-15,23-24,30,37,39,41-42,44-54H2,1-3H3/b10-7-,11-8-,12-9-,16-13-,20-17-,21-18-,22-19-,27-25-,28-26-,31-29+,34-32-,36-33-,38-35-,43-40-. The number of carbonyl (C=O) groups excluding carboxylic acids is 3. The van der Waals surface area contributed by atoms with E-state index in [-0.39, 0.29) is 44.4 Å². The van der Waals surface area contributed by atoms with Crippen molar-refractivity contribution < 1.29 is 28.6 Å². The van der Waals surface area contributed by atoms with Gasteiger partial charge in [0.05, 0.1) is 0 Å². The zero-order valence-electron chi connectivity index (χ0n) is 40.0. The second-order valence-electron chi connectivity index (χ2n) is 15.0. The Hall–Kier alpha value is -5.23. The van der Waals surface area contributed by atoms with Crippen LogP contribution in [0.5, 0.6) is 0 Å². The summed E-state index contributed by atoms with van der Waals surface area (Å²) < 4.78 is 16.6. The lowest BCUT2D eigenvalue weighted by Crippen LogP contribution is -2.30. The molecule has 0 aliphatic rings. The van der Waals surface area contributed by atoms with Gasteiger partial charge in [-0.2, -0.15) is 0 Å². The first-order valence-electron chi connectivity index (χ1n) is 24.2. The molecule has 1 unspecified atom stereocenters. The highest BCUT2D eigenvalue weighted by Crippen LogP contribution is 2.09. The molecule has 0 spiro atoms. The van der Waals surface area contributed by atoms with Crippen molar-refractivity contribution in [2.24, 2.45) is 0 Å². The molecule has 0 saturated heterocycles. The largest absolute Gasteiger partial charge is 0.462 e. The van der Waals surface area contributed by atoms with Crippen LogP contribution in [0.25, 0.3) is 0 Å². The third kappa shape index (κ3) is 47.8. The molecular formula is C58H84O6. The average molecular weight is 877 g/mol. The molecule has 0 aliphatic carbocycles. The second-order valence-corrected chi connectivity index (χ2v) is 15.0. The minimum absolute atomic E-state index is 0.145. The van der Waals surface area contributed by atoms with Gasteiger partial charge in [-0.15, -0.1) is 0 Å². The van der Waals surface area contributed by atoms with Gasteiger partial charge in [-0.05, 0) is 109 Å². The van der Waals surface area contributed by atoms with Crippen LogP contribution in [0.2, 0.25) is 0 Å². The van der Waals surface area contributed by atoms with E-state index in [0.717, 1.165) is 96.3 Å². The van der Waals surface area contributed by atoms with Gasteiger partial charge in [-0.25, -0.2) is 0 Å². The topological polar surface area (TPSA) is 78.9 Å². The number of hydrogen-bond donors (Lipinski definition) is 0. The number of esters is 3. The zero-order valence-corrected chi connectivity index (χ0v) is 40.0. The SMILES string of the molecule is CC\C=C/C=C\C=C/C=C\C=C\C=C/CCCCCC(=O)OCC(COC(=O)CCCC/C=C\C/C=C\C/C=C\CC)OC(=O)CCC/C=C\C/C=C\C/C=C\C/C=C\C/C=C\CC. The van der Waals surface area contributed by atoms with Crippen LogP contribution in [0.1, 0.15) is 156 Å². The van der Waals surface area contributed by atoms with E-state index in [1.165, 1.54) is 0 Å². The first-order valence-corrected chi connectivity index (χ1v) is 24.2. The first-order chi connectivity index (χ1) is 31.5. The lowest BCUT2D eigenvalue weighted by atomic mass is 10.1. The van der Waals surface area contributed by atoms with E-state index in [4.69, 9.17) is 14.2 Å². The van der Waals surface area contributed by atoms with E-state index in [1.807, 2.05) is 60.8 Å². The summed E-state index contributed by atoms with van der Waals surface area (Å²) in [6.45, 7) is 6.09. The summed E-state index contributed by atoms with van der Waals surface area (Å²) in [5, 5.41) is 0. The highest BCUT2D eigenvalue weighted by atomic mass is 16.6. The van der Waals surface area contributed by atoms with Gasteiger partial charge in [0.2, 0.25) is 0 Å². The first kappa shape index (κ1) is 58.8. The highest BCUT2D eigenvalue weighted by Gasteiger charge is 2.19. The Kier molecular flexibility index (Phi) is 46.3. The van der Waals surface area contributed by atoms with E-state index in [0.29, 0.717) is 19.3 Å². The molecule has 0 fully saturated rings. The molecule has 6 heteroatoms. The summed E-state index contributed by atoms with van der Waals surface area (Å²) >= 11 is 0. The van der Waals surface area contributed by atoms with Gasteiger partial charge in [0.25, 0.3) is 0 Å². The third-order valence-electron chi connectivity index (χ3n) is 9.11. The third-order valence-corrected chi connectivity index (χ3v) is 9.11. The number of ether oxygens (including phenoxy) is 3. The monoisotopic (exact) mass is 877 g/mol. The molecule has 0 aliphatic heterocycles. The predicted molar refractivity (Wildman–Crippen MR) is 274 cm³/mol. The predicted octanol–water partition coefficient (Wildman–Crippen LogP) is 16.0. The quantitative estimate of drug-likeness (QED) is 0.0201. The minimum Gasteiger partial charge on any atom is -0.462 e. The molecular weight excluding hydrogens is 793 g/mol. The van der Waals surface area contributed by atoms with Crippen molar-refractivity contribution in [2.45, 2.75) is 162 Å². The minimum atomic E-state index is -0.851. The van der Waals surface area contributed by atoms with E-state index < -0.39 is 12.1 Å². The summed E-state index contributed by atoms with van der Waals surface area (Å²) in [4.78, 5) is 37.9. The summed E-state index contributed by atoms with van der Waals surface area (Å²) in [5.74, 6) is -1.10. The van der Waals surface area contributed by atoms with Crippen LogP contribution in [0.4, 0.5) is 0 Å². The Morgan fingerprint density at radius 2 is 0.656 bits per heavy atom. The summed E-state index contributed by atoms with van der Waals surface area (Å²) in [6, 6.07) is 0. The van der Waals surface area contributed by atoms with Gasteiger partial charge in [-0.3, -0.25) is 14.4 Å². The number of carbonyl (C=O) groups is 3. The normalized spacial score (nSPS) is 13.6. The van der Waals surface area contributed by atoms with Crippen molar-refractivity contribution >= 4 is 17.9 Å². The lowest BCUT2D eigenvalue weighted by molar-refractivity contribution is -0.167. The van der Waals surface area contributed by atoms with E-state index >= 15 is 0 Å². The van der Waals surface area contributed by atoms with Crippen molar-refractivity contribution in [2.75, 3.05) is 13.2 Å². The van der Waals surface area contributed by atoms with Crippen molar-refractivity contribution in [3.8, 4) is 0 Å². The molecule has 0 amide bonds. The van der Waals surface area contributed by atoms with E-state index in [2.05, 4.69) is 130 Å². The molecule has 352 valence electrons. The van der Waals surface area contributed by atoms with Crippen LogP contribution in [0.15, 0.2) is 170 Å². The Labute approximate surface area is 390 Å². The smallest absolute Gasteiger partial charge is 0.306 e. The molecule has 0 radical (unpaired) electrons. The van der Waals surface area contributed by atoms with Crippen molar-refractivity contribution in [3.63, 3.8) is 0 Å². The molecule has 6 nitrogen and oxygen atoms in total. The zero-order chi connectivity index (χ0) is 46.5. The van der Waals surface area contributed by atoms with Gasteiger partial charge in [0.1, 0.15) is 13.2 Å². The summed E-state index contributed by atoms with van der Waals surface area (Å²) in [5.41, 5.74) is 0. The average Bonchev–Trinajstić information content (AvgIpc) is 3.29. The maximum absolute atomic E-state index is 12.8. The van der Waals surface area contributed by atoms with E-state index in [1.54, 1.807) is 0 Å². The Morgan fingerprint density at radius 1 is 0.328 bits per heavy atom. The van der Waals surface area contributed by atoms with Crippen LogP contribution in [-0.2, 0) is 28.6 Å². The number of rotatable bonds is 40. The highest BCUT2D eigenvalue weighted by molar-refractivity contribution is 5.71. The second kappa shape index (κ2) is 50.4. The molecule has 0 heterocycles. The fourth-order valence-corrected chi connectivity index (χ4v) is 5.58. The summed E-state index contributed by atoms with van der Waals surface area (Å²) in [6.07, 6.45) is 74.8. The number of allylic oxidation sites excluding steroid dienone is 28. The Morgan fingerprint density at radius 3 is 1.11 bits per heavy atom. The Balaban J connectivity index is 4.67. The molecule has 1 atom stereocenters. The van der Waals surface area contributed by atoms with Crippen LogP contribution in [-0.4, -0.2) is 37.2 Å². The molecule has 0 aromatic heterocycles. The van der Waals surface area contributed by atoms with Crippen LogP contribution in [0, 0.1) is 0 Å². The molecule has 0 N–H and O–H groups in total. The van der Waals surface area contributed by atoms with Crippen LogP contribution in [0.3, 0.4) is 0 Å². The molecule has 0 saturated carbocycles. The van der Waals surface area contributed by atoms with Gasteiger partial charge in [0.15, 0.2) is 6.10 Å². The molecule has 0 bridgehead atoms. The van der Waals surface area contributed by atoms with Crippen LogP contribution >= 0.6 is 0 Å². The van der Waals surface area contributed by atoms with Crippen molar-refractivity contribution in [1.29, 1.82) is 0 Å². The van der Waals surface area contributed by atoms with Gasteiger partial charge < -0.3 is 14.2 Å². The molecule has 0 aromatic carbocycles. The van der Waals surface area contributed by atoms with E-state index in [9.17, 15) is 14.4 Å². The van der Waals surface area contributed by atoms with Gasteiger partial charge in [-0.1, -0.05) is 197 Å². The van der Waals surface area contributed by atoms with Gasteiger partial charge >= 0.3 is 17.9 Å². The van der Waals surface area contributed by atoms with Crippen LogP contribution < -0.4 is 0 Å². The summed E-state index contributed by atoms with van der Waals surface area (Å²) in [7, 11) is 0. The maximum Gasteiger partial charge on any atom is 0.306 e. The fraction of sp³-hybridized carbons (Fsp3) is 0.466. The fourth-order valence-electron chi connectivity index (χ4n) is 5.58. The van der Waals surface area contributed by atoms with Crippen molar-refractivity contribution in [1.82, 2.24) is 0 Å². The number of hydrogen-bond acceptors (Lipinski definition) is 6.